The first-order valence-electron chi connectivity index (χ1n) is 7.60. The van der Waals surface area contributed by atoms with Gasteiger partial charge in [-0.2, -0.15) is 0 Å². The molecule has 0 saturated carbocycles. The predicted molar refractivity (Wildman–Crippen MR) is 92.8 cm³/mol. The highest BCUT2D eigenvalue weighted by Gasteiger charge is 2.13. The molecule has 124 valence electrons. The fraction of sp³-hybridized carbons (Fsp3) is 0.235. The maximum atomic E-state index is 12.3. The average Bonchev–Trinajstić information content (AvgIpc) is 3.16. The van der Waals surface area contributed by atoms with Gasteiger partial charge < -0.3 is 10.1 Å². The molecule has 1 N–H and O–H groups in total. The number of ether oxygens (including phenoxy) is 1. The molecule has 6 nitrogen and oxygen atoms in total. The van der Waals surface area contributed by atoms with Gasteiger partial charge in [-0.05, 0) is 37.6 Å². The monoisotopic (exact) mass is 343 g/mol. The highest BCUT2D eigenvalue weighted by Crippen LogP contribution is 2.17. The second kappa shape index (κ2) is 6.84. The number of esters is 1. The van der Waals surface area contributed by atoms with E-state index in [-0.39, 0.29) is 11.9 Å². The summed E-state index contributed by atoms with van der Waals surface area (Å²) >= 11 is 1.49. The molecule has 2 aromatic heterocycles. The zero-order valence-electron chi connectivity index (χ0n) is 13.4. The van der Waals surface area contributed by atoms with Crippen LogP contribution in [-0.4, -0.2) is 27.9 Å². The van der Waals surface area contributed by atoms with Crippen molar-refractivity contribution in [3.05, 3.63) is 52.8 Å². The standard InChI is InChI=1S/C17H17N3O3S/c1-3-8-23-16(22)12-4-6-13(7-5-12)18-15(21)14-9-20-11(2)10-24-17(20)19-14/h4-7,9-10H,3,8H2,1-2H3,(H,18,21). The quantitative estimate of drug-likeness (QED) is 0.719. The van der Waals surface area contributed by atoms with E-state index in [1.807, 2.05) is 23.6 Å². The van der Waals surface area contributed by atoms with Gasteiger partial charge in [-0.25, -0.2) is 9.78 Å². The van der Waals surface area contributed by atoms with Crippen LogP contribution in [-0.2, 0) is 4.74 Å². The molecule has 0 spiro atoms. The van der Waals surface area contributed by atoms with Crippen molar-refractivity contribution < 1.29 is 14.3 Å². The number of fused-ring (bicyclic) bond motifs is 1. The Morgan fingerprint density at radius 1 is 1.29 bits per heavy atom. The van der Waals surface area contributed by atoms with Crippen LogP contribution >= 0.6 is 11.3 Å². The molecule has 0 aliphatic carbocycles. The molecule has 0 aliphatic rings. The summed E-state index contributed by atoms with van der Waals surface area (Å²) in [7, 11) is 0. The van der Waals surface area contributed by atoms with Crippen molar-refractivity contribution in [2.24, 2.45) is 0 Å². The minimum Gasteiger partial charge on any atom is -0.462 e. The van der Waals surface area contributed by atoms with E-state index in [0.29, 0.717) is 23.6 Å². The number of hydrogen-bond acceptors (Lipinski definition) is 5. The Bertz CT molecular complexity index is 880. The van der Waals surface area contributed by atoms with Gasteiger partial charge in [0.15, 0.2) is 4.96 Å². The van der Waals surface area contributed by atoms with E-state index in [0.717, 1.165) is 17.1 Å². The van der Waals surface area contributed by atoms with Crippen LogP contribution < -0.4 is 5.32 Å². The van der Waals surface area contributed by atoms with Gasteiger partial charge >= 0.3 is 5.97 Å². The van der Waals surface area contributed by atoms with Crippen LogP contribution in [0.3, 0.4) is 0 Å². The van der Waals surface area contributed by atoms with E-state index in [9.17, 15) is 9.59 Å². The second-order valence-electron chi connectivity index (χ2n) is 5.32. The molecule has 3 aromatic rings. The summed E-state index contributed by atoms with van der Waals surface area (Å²) in [5.74, 6) is -0.647. The third kappa shape index (κ3) is 3.30. The van der Waals surface area contributed by atoms with Crippen molar-refractivity contribution in [1.29, 1.82) is 0 Å². The van der Waals surface area contributed by atoms with Crippen molar-refractivity contribution in [1.82, 2.24) is 9.38 Å². The summed E-state index contributed by atoms with van der Waals surface area (Å²) in [5, 5.41) is 4.76. The molecular weight excluding hydrogens is 326 g/mol. The Labute approximate surface area is 143 Å². The largest absolute Gasteiger partial charge is 0.462 e. The van der Waals surface area contributed by atoms with Gasteiger partial charge in [0.25, 0.3) is 5.91 Å². The molecule has 24 heavy (non-hydrogen) atoms. The van der Waals surface area contributed by atoms with E-state index in [4.69, 9.17) is 4.74 Å². The third-order valence-corrected chi connectivity index (χ3v) is 4.39. The number of rotatable bonds is 5. The average molecular weight is 343 g/mol. The summed E-state index contributed by atoms with van der Waals surface area (Å²) in [5.41, 5.74) is 2.45. The lowest BCUT2D eigenvalue weighted by atomic mass is 10.2. The van der Waals surface area contributed by atoms with Crippen molar-refractivity contribution in [3.63, 3.8) is 0 Å². The van der Waals surface area contributed by atoms with Gasteiger partial charge in [-0.15, -0.1) is 11.3 Å². The molecule has 1 aromatic carbocycles. The number of imidazole rings is 1. The Hall–Kier alpha value is -2.67. The maximum absolute atomic E-state index is 12.3. The number of benzene rings is 1. The number of hydrogen-bond donors (Lipinski definition) is 1. The molecule has 0 bridgehead atoms. The Kier molecular flexibility index (Phi) is 4.61. The number of anilines is 1. The fourth-order valence-electron chi connectivity index (χ4n) is 2.17. The van der Waals surface area contributed by atoms with Gasteiger partial charge in [0.1, 0.15) is 5.69 Å². The van der Waals surface area contributed by atoms with E-state index in [1.54, 1.807) is 30.5 Å². The number of carbonyl (C=O) groups is 2. The minimum absolute atomic E-state index is 0.286. The van der Waals surface area contributed by atoms with Crippen LogP contribution in [0.25, 0.3) is 4.96 Å². The van der Waals surface area contributed by atoms with Crippen LogP contribution in [0.2, 0.25) is 0 Å². The summed E-state index contributed by atoms with van der Waals surface area (Å²) in [6, 6.07) is 6.60. The fourth-order valence-corrected chi connectivity index (χ4v) is 3.02. The van der Waals surface area contributed by atoms with Crippen molar-refractivity contribution in [2.45, 2.75) is 20.3 Å². The molecule has 0 aliphatic heterocycles. The molecule has 0 saturated heterocycles. The van der Waals surface area contributed by atoms with E-state index < -0.39 is 0 Å². The molecular formula is C17H17N3O3S. The highest BCUT2D eigenvalue weighted by atomic mass is 32.1. The lowest BCUT2D eigenvalue weighted by molar-refractivity contribution is 0.0505. The molecule has 0 unspecified atom stereocenters. The Morgan fingerprint density at radius 3 is 2.71 bits per heavy atom. The molecule has 0 fully saturated rings. The number of aromatic nitrogens is 2. The molecule has 3 rings (SSSR count). The number of nitrogens with zero attached hydrogens (tertiary/aromatic N) is 2. The van der Waals surface area contributed by atoms with E-state index in [2.05, 4.69) is 10.3 Å². The third-order valence-electron chi connectivity index (χ3n) is 3.44. The van der Waals surface area contributed by atoms with Crippen molar-refractivity contribution in [3.8, 4) is 0 Å². The molecule has 0 radical (unpaired) electrons. The molecule has 7 heteroatoms. The normalized spacial score (nSPS) is 10.8. The highest BCUT2D eigenvalue weighted by molar-refractivity contribution is 7.15. The second-order valence-corrected chi connectivity index (χ2v) is 6.16. The topological polar surface area (TPSA) is 72.7 Å². The molecule has 1 amide bonds. The van der Waals surface area contributed by atoms with E-state index >= 15 is 0 Å². The van der Waals surface area contributed by atoms with Gasteiger partial charge in [-0.3, -0.25) is 9.20 Å². The van der Waals surface area contributed by atoms with Crippen LogP contribution in [0.1, 0.15) is 39.9 Å². The van der Waals surface area contributed by atoms with Gasteiger partial charge in [0, 0.05) is 23.0 Å². The SMILES string of the molecule is CCCOC(=O)c1ccc(NC(=O)c2cn3c(C)csc3n2)cc1. The van der Waals surface area contributed by atoms with Gasteiger partial charge in [-0.1, -0.05) is 6.92 Å². The zero-order chi connectivity index (χ0) is 17.1. The lowest BCUT2D eigenvalue weighted by Gasteiger charge is -2.05. The number of amides is 1. The van der Waals surface area contributed by atoms with Crippen molar-refractivity contribution >= 4 is 33.9 Å². The van der Waals surface area contributed by atoms with Gasteiger partial charge in [0.05, 0.1) is 12.2 Å². The van der Waals surface area contributed by atoms with Gasteiger partial charge in [0.2, 0.25) is 0 Å². The zero-order valence-corrected chi connectivity index (χ0v) is 14.2. The van der Waals surface area contributed by atoms with Crippen LogP contribution in [0, 0.1) is 6.92 Å². The first kappa shape index (κ1) is 16.2. The van der Waals surface area contributed by atoms with E-state index in [1.165, 1.54) is 11.3 Å². The Morgan fingerprint density at radius 2 is 2.04 bits per heavy atom. The maximum Gasteiger partial charge on any atom is 0.338 e. The summed E-state index contributed by atoms with van der Waals surface area (Å²) in [6.07, 6.45) is 2.49. The molecule has 2 heterocycles. The summed E-state index contributed by atoms with van der Waals surface area (Å²) in [6.45, 7) is 4.30. The van der Waals surface area contributed by atoms with Crippen LogP contribution in [0.15, 0.2) is 35.8 Å². The van der Waals surface area contributed by atoms with Crippen molar-refractivity contribution in [2.75, 3.05) is 11.9 Å². The summed E-state index contributed by atoms with van der Waals surface area (Å²) < 4.78 is 6.95. The smallest absolute Gasteiger partial charge is 0.338 e. The molecule has 0 atom stereocenters. The minimum atomic E-state index is -0.362. The number of nitrogens with one attached hydrogen (secondary N) is 1. The predicted octanol–water partition coefficient (Wildman–Crippen LogP) is 3.52. The number of carbonyl (C=O) groups excluding carboxylic acids is 2. The summed E-state index contributed by atoms with van der Waals surface area (Å²) in [4.78, 5) is 29.1. The number of thiazole rings is 1. The first-order valence-corrected chi connectivity index (χ1v) is 8.48. The first-order chi connectivity index (χ1) is 11.6. The van der Waals surface area contributed by atoms with Crippen LogP contribution in [0.5, 0.6) is 0 Å². The van der Waals surface area contributed by atoms with Crippen LogP contribution in [0.4, 0.5) is 5.69 Å². The Balaban J connectivity index is 1.68. The lowest BCUT2D eigenvalue weighted by Crippen LogP contribution is -2.12. The number of aryl methyl sites for hydroxylation is 1.